The van der Waals surface area contributed by atoms with E-state index in [4.69, 9.17) is 0 Å². The minimum Gasteiger partial charge on any atom is -0.310 e. The van der Waals surface area contributed by atoms with Crippen LogP contribution in [-0.4, -0.2) is 12.3 Å². The smallest absolute Gasteiger partial charge is 0.0292 e. The lowest BCUT2D eigenvalue weighted by atomic mass is 10.1. The monoisotopic (exact) mass is 263 g/mol. The molecule has 100 valence electrons. The second-order valence-corrected chi connectivity index (χ2v) is 5.70. The topological polar surface area (TPSA) is 12.0 Å². The standard InChI is InChI=1S/C16H25NS/c1-4-6-7-12-18-16-10-8-9-15(13-16)14(3)17-11-5-2/h4,8-10,13-14,17H,1,5-7,11-12H2,2-3H3. The molecule has 0 amide bonds. The Morgan fingerprint density at radius 3 is 3.00 bits per heavy atom. The van der Waals surface area contributed by atoms with Crippen molar-refractivity contribution in [3.63, 3.8) is 0 Å². The molecule has 0 fully saturated rings. The molecule has 1 aromatic carbocycles. The molecule has 1 aromatic rings. The molecule has 0 radical (unpaired) electrons. The van der Waals surface area contributed by atoms with Gasteiger partial charge in [-0.05, 0) is 56.2 Å². The van der Waals surface area contributed by atoms with E-state index in [0.717, 1.165) is 13.0 Å². The van der Waals surface area contributed by atoms with Gasteiger partial charge in [-0.2, -0.15) is 0 Å². The molecule has 2 heteroatoms. The van der Waals surface area contributed by atoms with Crippen LogP contribution in [-0.2, 0) is 0 Å². The van der Waals surface area contributed by atoms with Gasteiger partial charge in [0.1, 0.15) is 0 Å². The van der Waals surface area contributed by atoms with Crippen LogP contribution in [0.25, 0.3) is 0 Å². The van der Waals surface area contributed by atoms with Crippen molar-refractivity contribution in [2.24, 2.45) is 0 Å². The Labute approximate surface area is 116 Å². The second-order valence-electron chi connectivity index (χ2n) is 4.53. The number of benzene rings is 1. The van der Waals surface area contributed by atoms with Crippen molar-refractivity contribution in [1.29, 1.82) is 0 Å². The van der Waals surface area contributed by atoms with Crippen LogP contribution in [0.15, 0.2) is 41.8 Å². The van der Waals surface area contributed by atoms with Crippen LogP contribution >= 0.6 is 11.8 Å². The van der Waals surface area contributed by atoms with E-state index in [0.29, 0.717) is 6.04 Å². The van der Waals surface area contributed by atoms with E-state index >= 15 is 0 Å². The van der Waals surface area contributed by atoms with Gasteiger partial charge in [-0.1, -0.05) is 25.1 Å². The van der Waals surface area contributed by atoms with Gasteiger partial charge in [-0.25, -0.2) is 0 Å². The number of hydrogen-bond acceptors (Lipinski definition) is 2. The van der Waals surface area contributed by atoms with Gasteiger partial charge in [0, 0.05) is 10.9 Å². The summed E-state index contributed by atoms with van der Waals surface area (Å²) in [6.07, 6.45) is 5.50. The Morgan fingerprint density at radius 2 is 2.28 bits per heavy atom. The summed E-state index contributed by atoms with van der Waals surface area (Å²) in [7, 11) is 0. The third-order valence-corrected chi connectivity index (χ3v) is 3.96. The van der Waals surface area contributed by atoms with Gasteiger partial charge in [0.05, 0.1) is 0 Å². The molecule has 0 aliphatic carbocycles. The lowest BCUT2D eigenvalue weighted by molar-refractivity contribution is 0.570. The highest BCUT2D eigenvalue weighted by molar-refractivity contribution is 7.99. The molecule has 0 bridgehead atoms. The predicted molar refractivity (Wildman–Crippen MR) is 83.3 cm³/mol. The SMILES string of the molecule is C=CCCCSc1cccc(C(C)NCCC)c1. The highest BCUT2D eigenvalue weighted by Crippen LogP contribution is 2.23. The molecule has 0 aliphatic rings. The van der Waals surface area contributed by atoms with E-state index in [9.17, 15) is 0 Å². The molecule has 0 aliphatic heterocycles. The minimum absolute atomic E-state index is 0.443. The quantitative estimate of drug-likeness (QED) is 0.390. The first kappa shape index (κ1) is 15.3. The summed E-state index contributed by atoms with van der Waals surface area (Å²) in [6, 6.07) is 9.33. The Hall–Kier alpha value is -0.730. The number of thioether (sulfide) groups is 1. The third kappa shape index (κ3) is 5.74. The molecule has 1 nitrogen and oxygen atoms in total. The van der Waals surface area contributed by atoms with Gasteiger partial charge >= 0.3 is 0 Å². The summed E-state index contributed by atoms with van der Waals surface area (Å²) >= 11 is 1.94. The molecule has 1 atom stereocenters. The zero-order valence-corrected chi connectivity index (χ0v) is 12.4. The van der Waals surface area contributed by atoms with E-state index in [-0.39, 0.29) is 0 Å². The first-order valence-corrected chi connectivity index (χ1v) is 7.83. The van der Waals surface area contributed by atoms with E-state index in [1.54, 1.807) is 0 Å². The van der Waals surface area contributed by atoms with E-state index in [2.05, 4.69) is 50.0 Å². The molecule has 0 heterocycles. The van der Waals surface area contributed by atoms with E-state index in [1.807, 2.05) is 17.8 Å². The molecule has 1 rings (SSSR count). The molecule has 0 saturated heterocycles. The maximum absolute atomic E-state index is 3.75. The van der Waals surface area contributed by atoms with Gasteiger partial charge in [-0.3, -0.25) is 0 Å². The average molecular weight is 263 g/mol. The van der Waals surface area contributed by atoms with Crippen molar-refractivity contribution in [2.45, 2.75) is 44.0 Å². The zero-order chi connectivity index (χ0) is 13.2. The summed E-state index contributed by atoms with van der Waals surface area (Å²) < 4.78 is 0. The van der Waals surface area contributed by atoms with E-state index < -0.39 is 0 Å². The normalized spacial score (nSPS) is 12.3. The molecule has 0 saturated carbocycles. The summed E-state index contributed by atoms with van der Waals surface area (Å²) in [6.45, 7) is 9.27. The van der Waals surface area contributed by atoms with Crippen molar-refractivity contribution >= 4 is 11.8 Å². The summed E-state index contributed by atoms with van der Waals surface area (Å²) in [4.78, 5) is 1.38. The predicted octanol–water partition coefficient (Wildman–Crippen LogP) is 4.81. The fraction of sp³-hybridized carbons (Fsp3) is 0.500. The maximum atomic E-state index is 3.75. The van der Waals surface area contributed by atoms with Crippen LogP contribution in [0, 0.1) is 0 Å². The van der Waals surface area contributed by atoms with Crippen molar-refractivity contribution in [3.05, 3.63) is 42.5 Å². The number of rotatable bonds is 9. The highest BCUT2D eigenvalue weighted by atomic mass is 32.2. The summed E-state index contributed by atoms with van der Waals surface area (Å²) in [5, 5.41) is 3.53. The molecular formula is C16H25NS. The molecule has 0 aromatic heterocycles. The summed E-state index contributed by atoms with van der Waals surface area (Å²) in [5.41, 5.74) is 1.39. The van der Waals surface area contributed by atoms with Crippen LogP contribution in [0.4, 0.5) is 0 Å². The fourth-order valence-electron chi connectivity index (χ4n) is 1.77. The third-order valence-electron chi connectivity index (χ3n) is 2.88. The number of hydrogen-bond donors (Lipinski definition) is 1. The lowest BCUT2D eigenvalue weighted by Gasteiger charge is -2.14. The number of allylic oxidation sites excluding steroid dienone is 1. The summed E-state index contributed by atoms with van der Waals surface area (Å²) in [5.74, 6) is 1.17. The minimum atomic E-state index is 0.443. The van der Waals surface area contributed by atoms with Gasteiger partial charge < -0.3 is 5.32 Å². The van der Waals surface area contributed by atoms with Gasteiger partial charge in [-0.15, -0.1) is 18.3 Å². The van der Waals surface area contributed by atoms with Crippen molar-refractivity contribution in [3.8, 4) is 0 Å². The van der Waals surface area contributed by atoms with Crippen molar-refractivity contribution < 1.29 is 0 Å². The first-order valence-electron chi connectivity index (χ1n) is 6.85. The number of nitrogens with one attached hydrogen (secondary N) is 1. The fourth-order valence-corrected chi connectivity index (χ4v) is 2.71. The van der Waals surface area contributed by atoms with Gasteiger partial charge in [0.25, 0.3) is 0 Å². The Balaban J connectivity index is 2.47. The van der Waals surface area contributed by atoms with Crippen LogP contribution in [0.1, 0.15) is 44.7 Å². The van der Waals surface area contributed by atoms with Crippen molar-refractivity contribution in [1.82, 2.24) is 5.32 Å². The Kier molecular flexibility index (Phi) is 7.86. The molecular weight excluding hydrogens is 238 g/mol. The highest BCUT2D eigenvalue weighted by Gasteiger charge is 2.04. The molecule has 0 spiro atoms. The van der Waals surface area contributed by atoms with Crippen molar-refractivity contribution in [2.75, 3.05) is 12.3 Å². The lowest BCUT2D eigenvalue weighted by Crippen LogP contribution is -2.19. The Bertz CT molecular complexity index is 349. The van der Waals surface area contributed by atoms with Crippen LogP contribution < -0.4 is 5.32 Å². The van der Waals surface area contributed by atoms with Crippen LogP contribution in [0.3, 0.4) is 0 Å². The number of unbranched alkanes of at least 4 members (excludes halogenated alkanes) is 1. The largest absolute Gasteiger partial charge is 0.310 e. The van der Waals surface area contributed by atoms with Crippen LogP contribution in [0.5, 0.6) is 0 Å². The maximum Gasteiger partial charge on any atom is 0.0292 e. The molecule has 18 heavy (non-hydrogen) atoms. The van der Waals surface area contributed by atoms with Gasteiger partial charge in [0.15, 0.2) is 0 Å². The van der Waals surface area contributed by atoms with E-state index in [1.165, 1.54) is 29.1 Å². The second kappa shape index (κ2) is 9.23. The molecule has 1 unspecified atom stereocenters. The zero-order valence-electron chi connectivity index (χ0n) is 11.6. The molecule has 1 N–H and O–H groups in total. The van der Waals surface area contributed by atoms with Crippen LogP contribution in [0.2, 0.25) is 0 Å². The van der Waals surface area contributed by atoms with Gasteiger partial charge in [0.2, 0.25) is 0 Å². The average Bonchev–Trinajstić information content (AvgIpc) is 2.41. The Morgan fingerprint density at radius 1 is 1.44 bits per heavy atom. The first-order chi connectivity index (χ1) is 8.77.